The van der Waals surface area contributed by atoms with Crippen molar-refractivity contribution >= 4 is 29.5 Å². The second-order valence-electron chi connectivity index (χ2n) is 8.53. The fraction of sp³-hybridized carbons (Fsp3) is 0.231. The molecule has 172 valence electrons. The molecule has 1 aliphatic carbocycles. The number of carbonyl (C=O) groups excluding carboxylic acids is 3. The van der Waals surface area contributed by atoms with Crippen LogP contribution >= 0.6 is 11.8 Å². The molecular formula is C26H23N3O4S. The highest BCUT2D eigenvalue weighted by molar-refractivity contribution is 8.00. The molecule has 2 heterocycles. The third kappa shape index (κ3) is 4.10. The van der Waals surface area contributed by atoms with E-state index < -0.39 is 11.8 Å². The summed E-state index contributed by atoms with van der Waals surface area (Å²) >= 11 is 1.59. The van der Waals surface area contributed by atoms with Gasteiger partial charge in [0.1, 0.15) is 0 Å². The number of aromatic nitrogens is 1. The summed E-state index contributed by atoms with van der Waals surface area (Å²) in [7, 11) is 0. The van der Waals surface area contributed by atoms with E-state index in [1.807, 2.05) is 30.3 Å². The molecule has 0 saturated heterocycles. The summed E-state index contributed by atoms with van der Waals surface area (Å²) in [6.07, 6.45) is 4.29. The van der Waals surface area contributed by atoms with Gasteiger partial charge >= 0.3 is 0 Å². The predicted octanol–water partition coefficient (Wildman–Crippen LogP) is 4.04. The molecule has 0 spiro atoms. The molecular weight excluding hydrogens is 450 g/mol. The summed E-state index contributed by atoms with van der Waals surface area (Å²) < 4.78 is 0. The smallest absolute Gasteiger partial charge is 0.263 e. The standard InChI is InChI=1S/C26H23N3O4S/c30-24(28-33)23-18(15-29-25(31)20-12-13-27-14-21(20)26(29)32)8-11-22(23)34-19-9-6-17(7-10-19)16-4-2-1-3-5-16/h1-7,9-10,12-14,18,22-23,33H,8,11,15H2,(H,28,30)/t18-,22-,23-/m0/s1. The number of nitrogens with zero attached hydrogens (tertiary/aromatic N) is 2. The second kappa shape index (κ2) is 9.40. The van der Waals surface area contributed by atoms with Crippen LogP contribution in [0.25, 0.3) is 11.1 Å². The van der Waals surface area contributed by atoms with Gasteiger partial charge in [-0.05, 0) is 48.1 Å². The lowest BCUT2D eigenvalue weighted by Crippen LogP contribution is -2.41. The zero-order valence-electron chi connectivity index (χ0n) is 18.3. The Morgan fingerprint density at radius 2 is 1.68 bits per heavy atom. The monoisotopic (exact) mass is 473 g/mol. The number of fused-ring (bicyclic) bond motifs is 1. The lowest BCUT2D eigenvalue weighted by Gasteiger charge is -2.25. The van der Waals surface area contributed by atoms with E-state index in [1.54, 1.807) is 23.3 Å². The van der Waals surface area contributed by atoms with Gasteiger partial charge < -0.3 is 0 Å². The van der Waals surface area contributed by atoms with Crippen molar-refractivity contribution in [2.75, 3.05) is 6.54 Å². The first kappa shape index (κ1) is 22.3. The average Bonchev–Trinajstić information content (AvgIpc) is 3.38. The van der Waals surface area contributed by atoms with Crippen molar-refractivity contribution < 1.29 is 19.6 Å². The van der Waals surface area contributed by atoms with E-state index in [0.717, 1.165) is 22.4 Å². The molecule has 1 aromatic heterocycles. The number of amides is 3. The third-order valence-electron chi connectivity index (χ3n) is 6.58. The number of hydrogen-bond donors (Lipinski definition) is 2. The van der Waals surface area contributed by atoms with Crippen molar-refractivity contribution in [3.63, 3.8) is 0 Å². The maximum Gasteiger partial charge on any atom is 0.263 e. The van der Waals surface area contributed by atoms with E-state index in [-0.39, 0.29) is 35.1 Å². The van der Waals surface area contributed by atoms with E-state index in [9.17, 15) is 19.6 Å². The molecule has 1 aliphatic heterocycles. The van der Waals surface area contributed by atoms with Crippen LogP contribution in [-0.4, -0.2) is 44.6 Å². The number of carbonyl (C=O) groups is 3. The van der Waals surface area contributed by atoms with Crippen molar-refractivity contribution in [1.29, 1.82) is 0 Å². The molecule has 8 heteroatoms. The number of hydrogen-bond acceptors (Lipinski definition) is 6. The summed E-state index contributed by atoms with van der Waals surface area (Å²) in [6.45, 7) is 0.133. The van der Waals surface area contributed by atoms with Crippen LogP contribution in [-0.2, 0) is 4.79 Å². The van der Waals surface area contributed by atoms with Crippen LogP contribution in [0.4, 0.5) is 0 Å². The number of imide groups is 1. The first-order valence-corrected chi connectivity index (χ1v) is 12.0. The number of pyridine rings is 1. The Bertz CT molecular complexity index is 1200. The predicted molar refractivity (Wildman–Crippen MR) is 127 cm³/mol. The minimum absolute atomic E-state index is 0.0865. The van der Waals surface area contributed by atoms with Crippen LogP contribution in [0.15, 0.2) is 78.0 Å². The van der Waals surface area contributed by atoms with E-state index >= 15 is 0 Å². The van der Waals surface area contributed by atoms with Gasteiger partial charge in [-0.25, -0.2) is 5.48 Å². The Kier molecular flexibility index (Phi) is 6.17. The Balaban J connectivity index is 1.31. The summed E-state index contributed by atoms with van der Waals surface area (Å²) in [5, 5.41) is 9.32. The molecule has 5 rings (SSSR count). The number of nitrogens with one attached hydrogen (secondary N) is 1. The molecule has 3 atom stereocenters. The van der Waals surface area contributed by atoms with Gasteiger partial charge in [-0.3, -0.25) is 29.5 Å². The Labute approximate surface area is 201 Å². The summed E-state index contributed by atoms with van der Waals surface area (Å²) in [6, 6.07) is 19.8. The number of hydroxylamine groups is 1. The molecule has 0 bridgehead atoms. The van der Waals surface area contributed by atoms with Crippen molar-refractivity contribution in [2.45, 2.75) is 23.0 Å². The van der Waals surface area contributed by atoms with Gasteiger partial charge in [0, 0.05) is 29.1 Å². The van der Waals surface area contributed by atoms with E-state index in [0.29, 0.717) is 12.0 Å². The van der Waals surface area contributed by atoms with Gasteiger partial charge in [0.15, 0.2) is 0 Å². The van der Waals surface area contributed by atoms with Crippen molar-refractivity contribution in [2.24, 2.45) is 11.8 Å². The number of rotatable bonds is 6. The van der Waals surface area contributed by atoms with Crippen LogP contribution in [0.2, 0.25) is 0 Å². The Morgan fingerprint density at radius 3 is 2.38 bits per heavy atom. The van der Waals surface area contributed by atoms with Crippen LogP contribution in [0.1, 0.15) is 33.6 Å². The minimum atomic E-state index is -0.536. The SMILES string of the molecule is O=C(NO)[C@H]1[C@H](CN2C(=O)c3ccncc3C2=O)CC[C@@H]1Sc1ccc(-c2ccccc2)cc1. The van der Waals surface area contributed by atoms with Gasteiger partial charge in [0.25, 0.3) is 11.8 Å². The summed E-state index contributed by atoms with van der Waals surface area (Å²) in [5.41, 5.74) is 4.67. The normalized spacial score (nSPS) is 21.6. The second-order valence-corrected chi connectivity index (χ2v) is 9.84. The first-order valence-electron chi connectivity index (χ1n) is 11.1. The molecule has 7 nitrogen and oxygen atoms in total. The molecule has 2 aromatic carbocycles. The van der Waals surface area contributed by atoms with Gasteiger partial charge in [0.05, 0.1) is 17.0 Å². The molecule has 0 radical (unpaired) electrons. The molecule has 0 unspecified atom stereocenters. The van der Waals surface area contributed by atoms with Gasteiger partial charge in [-0.1, -0.05) is 42.5 Å². The quantitative estimate of drug-likeness (QED) is 0.319. The average molecular weight is 474 g/mol. The summed E-state index contributed by atoms with van der Waals surface area (Å²) in [5.74, 6) is -2.02. The minimum Gasteiger partial charge on any atom is -0.289 e. The lowest BCUT2D eigenvalue weighted by atomic mass is 9.94. The van der Waals surface area contributed by atoms with Gasteiger partial charge in [-0.15, -0.1) is 11.8 Å². The molecule has 2 N–H and O–H groups in total. The summed E-state index contributed by atoms with van der Waals surface area (Å²) in [4.78, 5) is 44.4. The largest absolute Gasteiger partial charge is 0.289 e. The highest BCUT2D eigenvalue weighted by Crippen LogP contribution is 2.44. The third-order valence-corrected chi connectivity index (χ3v) is 7.96. The molecule has 3 aromatic rings. The highest BCUT2D eigenvalue weighted by Gasteiger charge is 2.45. The van der Waals surface area contributed by atoms with Crippen molar-refractivity contribution in [3.8, 4) is 11.1 Å². The van der Waals surface area contributed by atoms with E-state index in [4.69, 9.17) is 0 Å². The molecule has 2 aliphatic rings. The van der Waals surface area contributed by atoms with Crippen molar-refractivity contribution in [3.05, 3.63) is 84.2 Å². The van der Waals surface area contributed by atoms with Crippen LogP contribution < -0.4 is 5.48 Å². The van der Waals surface area contributed by atoms with Crippen LogP contribution in [0.5, 0.6) is 0 Å². The lowest BCUT2D eigenvalue weighted by molar-refractivity contribution is -0.134. The number of benzene rings is 2. The van der Waals surface area contributed by atoms with Crippen molar-refractivity contribution in [1.82, 2.24) is 15.4 Å². The molecule has 3 amide bonds. The maximum absolute atomic E-state index is 12.8. The fourth-order valence-corrected chi connectivity index (χ4v) is 6.29. The van der Waals surface area contributed by atoms with Crippen LogP contribution in [0.3, 0.4) is 0 Å². The zero-order chi connectivity index (χ0) is 23.7. The number of thioether (sulfide) groups is 1. The Morgan fingerprint density at radius 1 is 0.971 bits per heavy atom. The topological polar surface area (TPSA) is 99.6 Å². The van der Waals surface area contributed by atoms with Gasteiger partial charge in [0.2, 0.25) is 5.91 Å². The fourth-order valence-electron chi connectivity index (χ4n) is 4.90. The highest BCUT2D eigenvalue weighted by atomic mass is 32.2. The maximum atomic E-state index is 12.8. The Hall–Kier alpha value is -3.49. The zero-order valence-corrected chi connectivity index (χ0v) is 19.1. The van der Waals surface area contributed by atoms with E-state index in [2.05, 4.69) is 29.2 Å². The molecule has 34 heavy (non-hydrogen) atoms. The van der Waals surface area contributed by atoms with E-state index in [1.165, 1.54) is 17.3 Å². The molecule has 1 fully saturated rings. The van der Waals surface area contributed by atoms with Crippen LogP contribution in [0, 0.1) is 11.8 Å². The first-order chi connectivity index (χ1) is 16.6. The molecule has 1 saturated carbocycles. The van der Waals surface area contributed by atoms with Gasteiger partial charge in [-0.2, -0.15) is 0 Å².